The van der Waals surface area contributed by atoms with Crippen LogP contribution < -0.4 is 10.1 Å². The average molecular weight is 447 g/mol. The summed E-state index contributed by atoms with van der Waals surface area (Å²) in [6.07, 6.45) is 3.64. The van der Waals surface area contributed by atoms with Crippen molar-refractivity contribution in [2.75, 3.05) is 19.5 Å². The third-order valence-corrected chi connectivity index (χ3v) is 5.60. The Labute approximate surface area is 191 Å². The molecule has 32 heavy (non-hydrogen) atoms. The van der Waals surface area contributed by atoms with Crippen LogP contribution in [0.4, 0.5) is 5.69 Å². The van der Waals surface area contributed by atoms with Crippen molar-refractivity contribution in [3.05, 3.63) is 107 Å². The van der Waals surface area contributed by atoms with Gasteiger partial charge < -0.3 is 19.8 Å². The molecule has 0 spiro atoms. The quantitative estimate of drug-likeness (QED) is 0.265. The number of fused-ring (bicyclic) bond motifs is 1. The molecule has 3 aromatic carbocycles. The summed E-state index contributed by atoms with van der Waals surface area (Å²) in [5.74, 6) is -0.0385. The van der Waals surface area contributed by atoms with Crippen molar-refractivity contribution in [3.8, 4) is 5.75 Å². The fourth-order valence-corrected chi connectivity index (χ4v) is 3.87. The largest absolute Gasteiger partial charge is 0.497 e. The van der Waals surface area contributed by atoms with Gasteiger partial charge in [-0.05, 0) is 53.6 Å². The first kappa shape index (κ1) is 21.5. The monoisotopic (exact) mass is 446 g/mol. The topological polar surface area (TPSA) is 63.4 Å². The van der Waals surface area contributed by atoms with Crippen LogP contribution in [0, 0.1) is 0 Å². The number of anilines is 1. The van der Waals surface area contributed by atoms with Gasteiger partial charge in [-0.2, -0.15) is 0 Å². The van der Waals surface area contributed by atoms with E-state index in [-0.39, 0.29) is 5.92 Å². The van der Waals surface area contributed by atoms with Crippen LogP contribution >= 0.6 is 11.6 Å². The van der Waals surface area contributed by atoms with Crippen LogP contribution in [0.3, 0.4) is 0 Å². The number of methoxy groups -OCH3 is 2. The number of esters is 1. The third kappa shape index (κ3) is 4.48. The number of hydrogen-bond donors (Lipinski definition) is 2. The van der Waals surface area contributed by atoms with E-state index >= 15 is 0 Å². The second kappa shape index (κ2) is 9.62. The number of para-hydroxylation sites is 1. The first-order valence-electron chi connectivity index (χ1n) is 10.1. The van der Waals surface area contributed by atoms with Gasteiger partial charge in [-0.25, -0.2) is 4.79 Å². The molecule has 6 heteroatoms. The lowest BCUT2D eigenvalue weighted by Crippen LogP contribution is -2.16. The molecule has 0 aliphatic heterocycles. The van der Waals surface area contributed by atoms with Gasteiger partial charge >= 0.3 is 5.97 Å². The van der Waals surface area contributed by atoms with Crippen molar-refractivity contribution >= 4 is 34.2 Å². The summed E-state index contributed by atoms with van der Waals surface area (Å²) >= 11 is 6.14. The molecule has 0 aliphatic rings. The number of benzene rings is 3. The standard InChI is InChI=1S/C26H23ClN2O3/c1-31-20-13-11-19(12-14-20)28-16-23(26(30)32-2)25(17-7-9-18(27)10-8-17)22-15-29-24-6-4-3-5-21(22)24/h3-16,25,28-29H,1-2H3/b23-16-. The van der Waals surface area contributed by atoms with Crippen molar-refractivity contribution in [2.45, 2.75) is 5.92 Å². The minimum absolute atomic E-state index is 0.374. The number of nitrogens with one attached hydrogen (secondary N) is 2. The molecule has 1 atom stereocenters. The van der Waals surface area contributed by atoms with Crippen molar-refractivity contribution in [1.29, 1.82) is 0 Å². The van der Waals surface area contributed by atoms with Gasteiger partial charge in [0, 0.05) is 39.9 Å². The first-order chi connectivity index (χ1) is 15.6. The molecule has 0 saturated heterocycles. The van der Waals surface area contributed by atoms with E-state index in [0.29, 0.717) is 10.6 Å². The second-order valence-corrected chi connectivity index (χ2v) is 7.67. The van der Waals surface area contributed by atoms with E-state index in [0.717, 1.165) is 33.5 Å². The Bertz CT molecular complexity index is 1240. The molecule has 0 saturated carbocycles. The zero-order chi connectivity index (χ0) is 22.5. The van der Waals surface area contributed by atoms with Gasteiger partial charge in [0.2, 0.25) is 0 Å². The van der Waals surface area contributed by atoms with Crippen molar-refractivity contribution in [1.82, 2.24) is 4.98 Å². The average Bonchev–Trinajstić information content (AvgIpc) is 3.26. The Kier molecular flexibility index (Phi) is 6.47. The van der Waals surface area contributed by atoms with E-state index in [4.69, 9.17) is 21.1 Å². The molecule has 0 amide bonds. The van der Waals surface area contributed by atoms with Crippen molar-refractivity contribution in [3.63, 3.8) is 0 Å². The van der Waals surface area contributed by atoms with Gasteiger partial charge in [-0.1, -0.05) is 41.9 Å². The van der Waals surface area contributed by atoms with E-state index in [1.54, 1.807) is 13.3 Å². The minimum atomic E-state index is -0.420. The van der Waals surface area contributed by atoms with E-state index in [1.165, 1.54) is 7.11 Å². The molecule has 162 valence electrons. The fourth-order valence-electron chi connectivity index (χ4n) is 3.74. The zero-order valence-corrected chi connectivity index (χ0v) is 18.5. The number of aromatic amines is 1. The zero-order valence-electron chi connectivity index (χ0n) is 17.8. The third-order valence-electron chi connectivity index (χ3n) is 5.35. The number of carbonyl (C=O) groups excluding carboxylic acids is 1. The van der Waals surface area contributed by atoms with Gasteiger partial charge in [0.15, 0.2) is 0 Å². The minimum Gasteiger partial charge on any atom is -0.497 e. The summed E-state index contributed by atoms with van der Waals surface area (Å²) in [5.41, 5.74) is 4.17. The van der Waals surface area contributed by atoms with Gasteiger partial charge in [-0.15, -0.1) is 0 Å². The Morgan fingerprint density at radius 2 is 1.72 bits per heavy atom. The molecular formula is C26H23ClN2O3. The van der Waals surface area contributed by atoms with E-state index in [2.05, 4.69) is 10.3 Å². The molecule has 0 fully saturated rings. The maximum absolute atomic E-state index is 13.0. The first-order valence-corrected chi connectivity index (χ1v) is 10.5. The highest BCUT2D eigenvalue weighted by atomic mass is 35.5. The predicted molar refractivity (Wildman–Crippen MR) is 128 cm³/mol. The van der Waals surface area contributed by atoms with E-state index in [9.17, 15) is 4.79 Å². The van der Waals surface area contributed by atoms with Gasteiger partial charge in [-0.3, -0.25) is 0 Å². The van der Waals surface area contributed by atoms with Crippen LogP contribution in [0.25, 0.3) is 10.9 Å². The molecule has 4 rings (SSSR count). The molecule has 1 unspecified atom stereocenters. The Morgan fingerprint density at radius 1 is 1.00 bits per heavy atom. The summed E-state index contributed by atoms with van der Waals surface area (Å²) in [5, 5.41) is 4.89. The van der Waals surface area contributed by atoms with Crippen LogP contribution in [-0.2, 0) is 9.53 Å². The number of halogens is 1. The summed E-state index contributed by atoms with van der Waals surface area (Å²) in [4.78, 5) is 16.3. The highest BCUT2D eigenvalue weighted by molar-refractivity contribution is 6.30. The van der Waals surface area contributed by atoms with Crippen LogP contribution in [-0.4, -0.2) is 25.2 Å². The van der Waals surface area contributed by atoms with Crippen LogP contribution in [0.1, 0.15) is 17.0 Å². The lowest BCUT2D eigenvalue weighted by atomic mass is 9.85. The summed E-state index contributed by atoms with van der Waals surface area (Å²) < 4.78 is 10.4. The lowest BCUT2D eigenvalue weighted by Gasteiger charge is -2.20. The predicted octanol–water partition coefficient (Wildman–Crippen LogP) is 6.13. The van der Waals surface area contributed by atoms with Gasteiger partial charge in [0.1, 0.15) is 5.75 Å². The second-order valence-electron chi connectivity index (χ2n) is 7.24. The number of rotatable bonds is 7. The summed E-state index contributed by atoms with van der Waals surface area (Å²) in [6.45, 7) is 0. The van der Waals surface area contributed by atoms with Gasteiger partial charge in [0.25, 0.3) is 0 Å². The summed E-state index contributed by atoms with van der Waals surface area (Å²) in [7, 11) is 3.01. The maximum atomic E-state index is 13.0. The van der Waals surface area contributed by atoms with Crippen LogP contribution in [0.5, 0.6) is 5.75 Å². The van der Waals surface area contributed by atoms with Crippen LogP contribution in [0.2, 0.25) is 5.02 Å². The Morgan fingerprint density at radius 3 is 2.41 bits per heavy atom. The van der Waals surface area contributed by atoms with E-state index < -0.39 is 5.97 Å². The molecule has 2 N–H and O–H groups in total. The molecule has 0 aliphatic carbocycles. The SMILES string of the molecule is COC(=O)/C(=C\Nc1ccc(OC)cc1)C(c1ccc(Cl)cc1)c1c[nH]c2ccccc12. The number of hydrogen-bond acceptors (Lipinski definition) is 4. The van der Waals surface area contributed by atoms with E-state index in [1.807, 2.05) is 79.0 Å². The molecule has 1 aromatic heterocycles. The number of aromatic nitrogens is 1. The molecule has 0 radical (unpaired) electrons. The molecular weight excluding hydrogens is 424 g/mol. The Hall–Kier alpha value is -3.70. The molecule has 4 aromatic rings. The highest BCUT2D eigenvalue weighted by Gasteiger charge is 2.27. The fraction of sp³-hybridized carbons (Fsp3) is 0.115. The van der Waals surface area contributed by atoms with Crippen LogP contribution in [0.15, 0.2) is 90.8 Å². The number of ether oxygens (including phenoxy) is 2. The summed E-state index contributed by atoms with van der Waals surface area (Å²) in [6, 6.07) is 23.0. The maximum Gasteiger partial charge on any atom is 0.336 e. The molecule has 0 bridgehead atoms. The number of H-pyrrole nitrogens is 1. The van der Waals surface area contributed by atoms with Crippen molar-refractivity contribution < 1.29 is 14.3 Å². The number of carbonyl (C=O) groups is 1. The molecule has 5 nitrogen and oxygen atoms in total. The Balaban J connectivity index is 1.83. The molecule has 1 heterocycles. The smallest absolute Gasteiger partial charge is 0.336 e. The van der Waals surface area contributed by atoms with Gasteiger partial charge in [0.05, 0.1) is 19.8 Å². The van der Waals surface area contributed by atoms with Crippen molar-refractivity contribution in [2.24, 2.45) is 0 Å². The normalized spacial score (nSPS) is 12.4. The lowest BCUT2D eigenvalue weighted by molar-refractivity contribution is -0.136. The highest BCUT2D eigenvalue weighted by Crippen LogP contribution is 2.37.